The van der Waals surface area contributed by atoms with E-state index in [0.29, 0.717) is 5.56 Å². The third-order valence-electron chi connectivity index (χ3n) is 7.44. The van der Waals surface area contributed by atoms with E-state index in [1.807, 2.05) is 0 Å². The van der Waals surface area contributed by atoms with Gasteiger partial charge in [-0.2, -0.15) is 26.3 Å². The number of ether oxygens (including phenoxy) is 2. The van der Waals surface area contributed by atoms with Gasteiger partial charge in [-0.15, -0.1) is 10.2 Å². The van der Waals surface area contributed by atoms with Crippen LogP contribution in [0.15, 0.2) is 53.0 Å². The number of anilines is 1. The smallest absolute Gasteiger partial charge is 0.415 e. The van der Waals surface area contributed by atoms with Crippen LogP contribution in [-0.4, -0.2) is 45.0 Å². The molecule has 1 saturated heterocycles. The van der Waals surface area contributed by atoms with Gasteiger partial charge < -0.3 is 19.2 Å². The summed E-state index contributed by atoms with van der Waals surface area (Å²) in [5.41, 5.74) is -7.21. The molecule has 10 nitrogen and oxygen atoms in total. The molecule has 5 rings (SSSR count). The predicted molar refractivity (Wildman–Crippen MR) is 138 cm³/mol. The van der Waals surface area contributed by atoms with Crippen LogP contribution in [-0.2, 0) is 27.9 Å². The average molecular weight is 614 g/mol. The monoisotopic (exact) mass is 613 g/mol. The molecular weight excluding hydrogens is 588 g/mol. The second-order valence-electron chi connectivity index (χ2n) is 10.3. The van der Waals surface area contributed by atoms with Crippen molar-refractivity contribution in [1.82, 2.24) is 15.2 Å². The summed E-state index contributed by atoms with van der Waals surface area (Å²) in [5, 5.41) is 21.8. The summed E-state index contributed by atoms with van der Waals surface area (Å²) in [6, 6.07) is 8.29. The second-order valence-corrected chi connectivity index (χ2v) is 10.3. The van der Waals surface area contributed by atoms with Gasteiger partial charge in [0.2, 0.25) is 11.3 Å². The van der Waals surface area contributed by atoms with Crippen LogP contribution in [0.25, 0.3) is 11.6 Å². The fraction of sp³-hybridized carbons (Fsp3) is 0.444. The summed E-state index contributed by atoms with van der Waals surface area (Å²) in [6.45, 7) is -0.114. The Morgan fingerprint density at radius 3 is 2.40 bits per heavy atom. The van der Waals surface area contributed by atoms with E-state index in [1.165, 1.54) is 6.08 Å². The summed E-state index contributed by atoms with van der Waals surface area (Å²) in [5.74, 6) is -2.70. The van der Waals surface area contributed by atoms with E-state index in [4.69, 9.17) is 13.9 Å². The maximum absolute atomic E-state index is 14.9. The van der Waals surface area contributed by atoms with Crippen molar-refractivity contribution >= 4 is 11.5 Å². The van der Waals surface area contributed by atoms with E-state index in [9.17, 15) is 36.5 Å². The number of nitrogens with one attached hydrogen (secondary N) is 1. The van der Waals surface area contributed by atoms with Gasteiger partial charge in [0.05, 0.1) is 11.5 Å². The Morgan fingerprint density at radius 1 is 1.02 bits per heavy atom. The van der Waals surface area contributed by atoms with Crippen LogP contribution in [0.5, 0.6) is 0 Å². The van der Waals surface area contributed by atoms with Crippen LogP contribution in [0.1, 0.15) is 49.1 Å². The Bertz CT molecular complexity index is 1490. The number of nitro groups is 1. The van der Waals surface area contributed by atoms with Gasteiger partial charge in [-0.3, -0.25) is 10.1 Å². The molecule has 16 heteroatoms. The van der Waals surface area contributed by atoms with Crippen LogP contribution in [0.3, 0.4) is 0 Å². The minimum atomic E-state index is -5.11. The quantitative estimate of drug-likeness (QED) is 0.147. The van der Waals surface area contributed by atoms with Gasteiger partial charge in [-0.1, -0.05) is 42.5 Å². The lowest BCUT2D eigenvalue weighted by Gasteiger charge is -2.38. The fourth-order valence-electron chi connectivity index (χ4n) is 5.07. The number of halogens is 6. The van der Waals surface area contributed by atoms with Crippen molar-refractivity contribution in [2.24, 2.45) is 0 Å². The van der Waals surface area contributed by atoms with Gasteiger partial charge >= 0.3 is 18.0 Å². The summed E-state index contributed by atoms with van der Waals surface area (Å²) >= 11 is 0. The number of nitrogens with zero attached hydrogens (tertiary/aromatic N) is 4. The molecule has 1 atom stereocenters. The Hall–Kier alpha value is -4.05. The second kappa shape index (κ2) is 11.6. The first-order valence-corrected chi connectivity index (χ1v) is 13.2. The minimum Gasteiger partial charge on any atom is -0.415 e. The molecule has 43 heavy (non-hydrogen) atoms. The van der Waals surface area contributed by atoms with Crippen molar-refractivity contribution in [3.63, 3.8) is 0 Å². The van der Waals surface area contributed by atoms with Crippen molar-refractivity contribution in [1.29, 1.82) is 0 Å². The van der Waals surface area contributed by atoms with E-state index in [0.717, 1.165) is 0 Å². The van der Waals surface area contributed by atoms with Crippen LogP contribution in [0.2, 0.25) is 0 Å². The molecule has 0 unspecified atom stereocenters. The topological polar surface area (TPSA) is 125 Å². The molecule has 230 valence electrons. The summed E-state index contributed by atoms with van der Waals surface area (Å²) in [4.78, 5) is 14.6. The minimum absolute atomic E-state index is 0.115. The molecule has 2 aromatic heterocycles. The lowest BCUT2D eigenvalue weighted by Crippen LogP contribution is -2.45. The highest BCUT2D eigenvalue weighted by Crippen LogP contribution is 2.48. The van der Waals surface area contributed by atoms with Crippen LogP contribution >= 0.6 is 0 Å². The Labute approximate surface area is 240 Å². The highest BCUT2D eigenvalue weighted by Gasteiger charge is 2.61. The highest BCUT2D eigenvalue weighted by molar-refractivity contribution is 5.68. The molecule has 1 aromatic carbocycles. The number of aromatic nitrogens is 3. The molecule has 4 heterocycles. The fourth-order valence-corrected chi connectivity index (χ4v) is 5.07. The first-order valence-electron chi connectivity index (χ1n) is 13.2. The lowest BCUT2D eigenvalue weighted by atomic mass is 9.85. The normalized spacial score (nSPS) is 21.5. The molecule has 3 aromatic rings. The van der Waals surface area contributed by atoms with Crippen molar-refractivity contribution in [2.45, 2.75) is 62.2 Å². The molecule has 1 N–H and O–H groups in total. The average Bonchev–Trinajstić information content (AvgIpc) is 3.44. The van der Waals surface area contributed by atoms with Gasteiger partial charge in [0.1, 0.15) is 11.4 Å². The standard InChI is InChI=1S/C27H25F6N5O5/c28-26(29,30)18-15-19(38(39)40)20-22-36-37-23(43-22)25(27(31,32)33,42-16-17-7-3-1-4-8-17)10-6-2-5-9-24(35-21(18)34-20)11-13-41-14-12-24/h1-5,7-8,15H,6,9-14,16H2,(H,34,35)/b5-2-/t25-/m1/s1. The summed E-state index contributed by atoms with van der Waals surface area (Å²) in [6.07, 6.45) is -7.42. The van der Waals surface area contributed by atoms with Crippen molar-refractivity contribution in [2.75, 3.05) is 18.5 Å². The van der Waals surface area contributed by atoms with Crippen LogP contribution in [0.4, 0.5) is 37.8 Å². The number of fused-ring (bicyclic) bond motifs is 5. The van der Waals surface area contributed by atoms with E-state index >= 15 is 0 Å². The molecule has 1 fully saturated rings. The first-order chi connectivity index (χ1) is 20.3. The number of allylic oxidation sites excluding steroid dienone is 1. The predicted octanol–water partition coefficient (Wildman–Crippen LogP) is 6.73. The van der Waals surface area contributed by atoms with Gasteiger partial charge in [0, 0.05) is 24.8 Å². The lowest BCUT2D eigenvalue weighted by molar-refractivity contribution is -0.384. The Balaban J connectivity index is 1.70. The molecule has 4 bridgehead atoms. The zero-order chi connectivity index (χ0) is 30.9. The third kappa shape index (κ3) is 6.20. The molecular formula is C27H25F6N5O5. The van der Waals surface area contributed by atoms with Gasteiger partial charge in [0.15, 0.2) is 0 Å². The largest absolute Gasteiger partial charge is 0.426 e. The number of benzene rings is 1. The molecule has 0 radical (unpaired) electrons. The van der Waals surface area contributed by atoms with E-state index in [-0.39, 0.29) is 45.0 Å². The van der Waals surface area contributed by atoms with Gasteiger partial charge in [-0.05, 0) is 37.7 Å². The Kier molecular flexibility index (Phi) is 8.17. The maximum Gasteiger partial charge on any atom is 0.426 e. The van der Waals surface area contributed by atoms with Crippen molar-refractivity contribution < 1.29 is 45.2 Å². The first kappa shape index (κ1) is 30.4. The molecule has 2 aliphatic rings. The van der Waals surface area contributed by atoms with E-state index < -0.39 is 76.0 Å². The number of alkyl halides is 6. The summed E-state index contributed by atoms with van der Waals surface area (Å²) < 4.78 is 103. The van der Waals surface area contributed by atoms with Gasteiger partial charge in [0.25, 0.3) is 11.8 Å². The number of pyridine rings is 1. The third-order valence-corrected chi connectivity index (χ3v) is 7.44. The molecule has 2 aliphatic heterocycles. The highest BCUT2D eigenvalue weighted by atomic mass is 19.4. The van der Waals surface area contributed by atoms with Crippen molar-refractivity contribution in [3.8, 4) is 11.6 Å². The molecule has 0 amide bonds. The molecule has 0 saturated carbocycles. The van der Waals surface area contributed by atoms with Crippen molar-refractivity contribution in [3.05, 3.63) is 75.7 Å². The number of rotatable bonds is 4. The molecule has 0 aliphatic carbocycles. The van der Waals surface area contributed by atoms with E-state index in [1.54, 1.807) is 36.4 Å². The molecule has 1 spiro atoms. The number of hydrogen-bond acceptors (Lipinski definition) is 9. The van der Waals surface area contributed by atoms with Gasteiger partial charge in [-0.25, -0.2) is 4.98 Å². The zero-order valence-corrected chi connectivity index (χ0v) is 22.4. The van der Waals surface area contributed by atoms with E-state index in [2.05, 4.69) is 20.5 Å². The number of hydrogen-bond donors (Lipinski definition) is 1. The summed E-state index contributed by atoms with van der Waals surface area (Å²) in [7, 11) is 0. The Morgan fingerprint density at radius 2 is 1.74 bits per heavy atom. The maximum atomic E-state index is 14.9. The SMILES string of the molecule is O=[N+]([O-])c1cc(C(F)(F)F)c2nc1-c1nnc(o1)[C@@](OCc1ccccc1)(C(F)(F)F)CC/C=C\CC1(CCOCC1)N2. The van der Waals surface area contributed by atoms with Crippen LogP contribution in [0, 0.1) is 10.1 Å². The van der Waals surface area contributed by atoms with Crippen LogP contribution < -0.4 is 5.32 Å². The zero-order valence-electron chi connectivity index (χ0n) is 22.4.